The Hall–Kier alpha value is -1.81. The summed E-state index contributed by atoms with van der Waals surface area (Å²) in [4.78, 5) is 8.91. The Bertz CT molecular complexity index is 635. The topological polar surface area (TPSA) is 44.2 Å². The number of nitrogens with zero attached hydrogens (tertiary/aromatic N) is 2. The van der Waals surface area contributed by atoms with Gasteiger partial charge in [0.25, 0.3) is 0 Å². The Labute approximate surface area is 122 Å². The molecule has 1 aromatic heterocycles. The third kappa shape index (κ3) is 2.31. The van der Waals surface area contributed by atoms with Gasteiger partial charge in [0.15, 0.2) is 17.3 Å². The van der Waals surface area contributed by atoms with Crippen LogP contribution in [0.3, 0.4) is 0 Å². The Balaban J connectivity index is 2.05. The highest BCUT2D eigenvalue weighted by molar-refractivity contribution is 6.30. The zero-order valence-electron chi connectivity index (χ0n) is 11.4. The van der Waals surface area contributed by atoms with Crippen LogP contribution < -0.4 is 9.47 Å². The third-order valence-electron chi connectivity index (χ3n) is 3.32. The summed E-state index contributed by atoms with van der Waals surface area (Å²) >= 11 is 6.22. The molecule has 0 bridgehead atoms. The summed E-state index contributed by atoms with van der Waals surface area (Å²) in [5.74, 6) is 2.10. The highest BCUT2D eigenvalue weighted by Crippen LogP contribution is 2.34. The van der Waals surface area contributed by atoms with Gasteiger partial charge in [0.05, 0.1) is 0 Å². The van der Waals surface area contributed by atoms with E-state index >= 15 is 0 Å². The molecule has 3 rings (SSSR count). The van der Waals surface area contributed by atoms with Gasteiger partial charge in [-0.15, -0.1) is 0 Å². The summed E-state index contributed by atoms with van der Waals surface area (Å²) < 4.78 is 11.1. The second-order valence-corrected chi connectivity index (χ2v) is 4.97. The fourth-order valence-electron chi connectivity index (χ4n) is 2.27. The molecule has 2 heterocycles. The number of hydrogen-bond donors (Lipinski definition) is 0. The zero-order valence-corrected chi connectivity index (χ0v) is 12.2. The first-order valence-electron chi connectivity index (χ1n) is 6.62. The third-order valence-corrected chi connectivity index (χ3v) is 3.63. The summed E-state index contributed by atoms with van der Waals surface area (Å²) in [5, 5.41) is 0.518. The van der Waals surface area contributed by atoms with E-state index in [1.54, 1.807) is 0 Å². The van der Waals surface area contributed by atoms with Crippen molar-refractivity contribution in [3.63, 3.8) is 0 Å². The first-order valence-corrected chi connectivity index (χ1v) is 7.00. The fraction of sp³-hybridized carbons (Fsp3) is 0.333. The zero-order chi connectivity index (χ0) is 14.1. The van der Waals surface area contributed by atoms with Gasteiger partial charge in [-0.2, -0.15) is 0 Å². The number of fused-ring (bicyclic) bond motifs is 1. The van der Waals surface area contributed by atoms with E-state index in [1.165, 1.54) is 0 Å². The summed E-state index contributed by atoms with van der Waals surface area (Å²) in [6.07, 6.45) is 0.825. The number of halogens is 1. The Morgan fingerprint density at radius 3 is 2.60 bits per heavy atom. The van der Waals surface area contributed by atoms with Crippen LogP contribution in [0, 0.1) is 6.92 Å². The summed E-state index contributed by atoms with van der Waals surface area (Å²) in [7, 11) is 0. The second kappa shape index (κ2) is 5.29. The number of benzene rings is 1. The molecular formula is C15H15ClN2O2. The number of rotatable bonds is 2. The van der Waals surface area contributed by atoms with Crippen molar-refractivity contribution in [1.82, 2.24) is 9.97 Å². The van der Waals surface area contributed by atoms with Gasteiger partial charge in [-0.05, 0) is 31.5 Å². The second-order valence-electron chi connectivity index (χ2n) is 4.61. The number of hydrogen-bond acceptors (Lipinski definition) is 4. The molecule has 104 valence electrons. The highest BCUT2D eigenvalue weighted by Gasteiger charge is 2.15. The standard InChI is InChI=1S/C15H15ClN2O2/c1-3-11-9(2)17-15(18-14(11)16)10-4-5-12-13(8-10)20-7-6-19-12/h4-5,8H,3,6-7H2,1-2H3. The molecule has 0 atom stereocenters. The van der Waals surface area contributed by atoms with Crippen LogP contribution in [0.4, 0.5) is 0 Å². The SMILES string of the molecule is CCc1c(C)nc(-c2ccc3c(c2)OCCO3)nc1Cl. The molecule has 4 nitrogen and oxygen atoms in total. The van der Waals surface area contributed by atoms with E-state index in [2.05, 4.69) is 9.97 Å². The maximum absolute atomic E-state index is 6.22. The van der Waals surface area contributed by atoms with Crippen LogP contribution in [0.15, 0.2) is 18.2 Å². The van der Waals surface area contributed by atoms with Crippen molar-refractivity contribution in [2.75, 3.05) is 13.2 Å². The van der Waals surface area contributed by atoms with Crippen molar-refractivity contribution >= 4 is 11.6 Å². The van der Waals surface area contributed by atoms with E-state index in [0.29, 0.717) is 24.2 Å². The molecule has 1 aromatic carbocycles. The van der Waals surface area contributed by atoms with Gasteiger partial charge in [-0.3, -0.25) is 0 Å². The average Bonchev–Trinajstić information content (AvgIpc) is 2.46. The lowest BCUT2D eigenvalue weighted by Crippen LogP contribution is -2.15. The van der Waals surface area contributed by atoms with Gasteiger partial charge >= 0.3 is 0 Å². The summed E-state index contributed by atoms with van der Waals surface area (Å²) in [6, 6.07) is 5.69. The summed E-state index contributed by atoms with van der Waals surface area (Å²) in [5.41, 5.74) is 2.78. The van der Waals surface area contributed by atoms with E-state index in [4.69, 9.17) is 21.1 Å². The molecule has 0 fully saturated rings. The molecule has 0 amide bonds. The minimum atomic E-state index is 0.518. The van der Waals surface area contributed by atoms with Gasteiger partial charge in [0.1, 0.15) is 18.4 Å². The van der Waals surface area contributed by atoms with Crippen molar-refractivity contribution in [2.24, 2.45) is 0 Å². The first kappa shape index (κ1) is 13.2. The molecule has 0 saturated heterocycles. The predicted molar refractivity (Wildman–Crippen MR) is 77.6 cm³/mol. The van der Waals surface area contributed by atoms with Crippen LogP contribution in [-0.4, -0.2) is 23.2 Å². The molecule has 1 aliphatic rings. The van der Waals surface area contributed by atoms with Crippen LogP contribution in [0.1, 0.15) is 18.2 Å². The first-order chi connectivity index (χ1) is 9.69. The maximum Gasteiger partial charge on any atom is 0.162 e. The smallest absolute Gasteiger partial charge is 0.162 e. The number of ether oxygens (including phenoxy) is 2. The minimum Gasteiger partial charge on any atom is -0.486 e. The van der Waals surface area contributed by atoms with Crippen LogP contribution in [0.5, 0.6) is 11.5 Å². The largest absolute Gasteiger partial charge is 0.486 e. The van der Waals surface area contributed by atoms with Crippen molar-refractivity contribution in [3.8, 4) is 22.9 Å². The Morgan fingerprint density at radius 1 is 1.15 bits per heavy atom. The van der Waals surface area contributed by atoms with Gasteiger partial charge in [-0.1, -0.05) is 18.5 Å². The van der Waals surface area contributed by atoms with Crippen molar-refractivity contribution in [1.29, 1.82) is 0 Å². The minimum absolute atomic E-state index is 0.518. The molecular weight excluding hydrogens is 276 g/mol. The van der Waals surface area contributed by atoms with Gasteiger partial charge < -0.3 is 9.47 Å². The molecule has 0 aliphatic carbocycles. The number of aromatic nitrogens is 2. The van der Waals surface area contributed by atoms with Crippen LogP contribution in [0.2, 0.25) is 5.15 Å². The van der Waals surface area contributed by atoms with Crippen molar-refractivity contribution in [2.45, 2.75) is 20.3 Å². The lowest BCUT2D eigenvalue weighted by Gasteiger charge is -2.18. The van der Waals surface area contributed by atoms with E-state index in [1.807, 2.05) is 32.0 Å². The lowest BCUT2D eigenvalue weighted by molar-refractivity contribution is 0.171. The van der Waals surface area contributed by atoms with Crippen LogP contribution >= 0.6 is 11.6 Å². The predicted octanol–water partition coefficient (Wildman–Crippen LogP) is 3.44. The van der Waals surface area contributed by atoms with Gasteiger partial charge in [-0.25, -0.2) is 9.97 Å². The molecule has 0 N–H and O–H groups in total. The van der Waals surface area contributed by atoms with Gasteiger partial charge in [0.2, 0.25) is 0 Å². The normalized spacial score (nSPS) is 13.3. The van der Waals surface area contributed by atoms with E-state index in [-0.39, 0.29) is 0 Å². The molecule has 1 aliphatic heterocycles. The van der Waals surface area contributed by atoms with E-state index in [0.717, 1.165) is 34.7 Å². The highest BCUT2D eigenvalue weighted by atomic mass is 35.5. The Morgan fingerprint density at radius 2 is 1.90 bits per heavy atom. The van der Waals surface area contributed by atoms with Crippen molar-refractivity contribution in [3.05, 3.63) is 34.6 Å². The van der Waals surface area contributed by atoms with Crippen molar-refractivity contribution < 1.29 is 9.47 Å². The Kier molecular flexibility index (Phi) is 3.49. The number of aryl methyl sites for hydroxylation is 1. The lowest BCUT2D eigenvalue weighted by atomic mass is 10.1. The quantitative estimate of drug-likeness (QED) is 0.795. The molecule has 0 spiro atoms. The molecule has 0 saturated carbocycles. The molecule has 0 radical (unpaired) electrons. The summed E-state index contributed by atoms with van der Waals surface area (Å²) in [6.45, 7) is 5.14. The molecule has 2 aromatic rings. The molecule has 0 unspecified atom stereocenters. The van der Waals surface area contributed by atoms with Gasteiger partial charge in [0, 0.05) is 16.8 Å². The average molecular weight is 291 g/mol. The molecule has 20 heavy (non-hydrogen) atoms. The van der Waals surface area contributed by atoms with Crippen LogP contribution in [0.25, 0.3) is 11.4 Å². The fourth-order valence-corrected chi connectivity index (χ4v) is 2.62. The monoisotopic (exact) mass is 290 g/mol. The van der Waals surface area contributed by atoms with E-state index in [9.17, 15) is 0 Å². The molecule has 5 heteroatoms. The van der Waals surface area contributed by atoms with Crippen LogP contribution in [-0.2, 0) is 6.42 Å². The maximum atomic E-state index is 6.22. The van der Waals surface area contributed by atoms with E-state index < -0.39 is 0 Å².